The van der Waals surface area contributed by atoms with Gasteiger partial charge in [-0.1, -0.05) is 66.7 Å². The third-order valence-corrected chi connectivity index (χ3v) is 3.42. The Kier molecular flexibility index (Phi) is 2.85. The monoisotopic (exact) mass is 232 g/mol. The van der Waals surface area contributed by atoms with Crippen LogP contribution in [0.2, 0.25) is 0 Å². The minimum atomic E-state index is 1.05. The van der Waals surface area contributed by atoms with E-state index in [1.807, 2.05) is 0 Å². The molecule has 0 bridgehead atoms. The van der Waals surface area contributed by atoms with E-state index < -0.39 is 0 Å². The van der Waals surface area contributed by atoms with E-state index in [2.05, 4.69) is 73.7 Å². The summed E-state index contributed by atoms with van der Waals surface area (Å²) in [4.78, 5) is 0. The van der Waals surface area contributed by atoms with E-state index in [1.54, 1.807) is 0 Å². The van der Waals surface area contributed by atoms with E-state index in [4.69, 9.17) is 0 Å². The van der Waals surface area contributed by atoms with Crippen LogP contribution in [0.5, 0.6) is 0 Å². The van der Waals surface area contributed by atoms with Gasteiger partial charge < -0.3 is 0 Å². The highest BCUT2D eigenvalue weighted by Gasteiger charge is 2.20. The van der Waals surface area contributed by atoms with Crippen molar-refractivity contribution in [2.24, 2.45) is 0 Å². The van der Waals surface area contributed by atoms with Crippen LogP contribution in [0.3, 0.4) is 0 Å². The van der Waals surface area contributed by atoms with Gasteiger partial charge in [-0.15, -0.1) is 0 Å². The van der Waals surface area contributed by atoms with Crippen LogP contribution >= 0.6 is 0 Å². The third-order valence-electron chi connectivity index (χ3n) is 3.42. The molecule has 88 valence electrons. The fourth-order valence-corrected chi connectivity index (χ4v) is 2.67. The molecule has 1 aliphatic rings. The van der Waals surface area contributed by atoms with Crippen molar-refractivity contribution < 1.29 is 0 Å². The third kappa shape index (κ3) is 1.80. The quantitative estimate of drug-likeness (QED) is 0.708. The molecule has 0 atom stereocenters. The molecule has 18 heavy (non-hydrogen) atoms. The van der Waals surface area contributed by atoms with Gasteiger partial charge >= 0.3 is 0 Å². The molecule has 2 aromatic carbocycles. The van der Waals surface area contributed by atoms with E-state index in [0.717, 1.165) is 6.42 Å². The molecule has 2 aromatic rings. The molecule has 0 unspecified atom stereocenters. The number of hydrogen-bond acceptors (Lipinski definition) is 0. The Bertz CT molecular complexity index is 615. The summed E-state index contributed by atoms with van der Waals surface area (Å²) in [5.74, 6) is 0. The molecule has 0 radical (unpaired) electrons. The summed E-state index contributed by atoms with van der Waals surface area (Å²) in [5, 5.41) is 0. The van der Waals surface area contributed by atoms with Crippen molar-refractivity contribution in [3.63, 3.8) is 0 Å². The first kappa shape index (κ1) is 11.0. The number of hydrogen-bond donors (Lipinski definition) is 0. The lowest BCUT2D eigenvalue weighted by Gasteiger charge is -2.06. The lowest BCUT2D eigenvalue weighted by atomic mass is 9.97. The summed E-state index contributed by atoms with van der Waals surface area (Å²) in [7, 11) is 0. The van der Waals surface area contributed by atoms with Crippen molar-refractivity contribution in [3.05, 3.63) is 89.0 Å². The highest BCUT2D eigenvalue weighted by atomic mass is 14.2. The van der Waals surface area contributed by atoms with E-state index >= 15 is 0 Å². The van der Waals surface area contributed by atoms with Gasteiger partial charge in [-0.25, -0.2) is 0 Å². The van der Waals surface area contributed by atoms with Crippen molar-refractivity contribution in [1.29, 1.82) is 0 Å². The molecule has 0 saturated carbocycles. The van der Waals surface area contributed by atoms with Gasteiger partial charge in [0, 0.05) is 0 Å². The summed E-state index contributed by atoms with van der Waals surface area (Å²) in [6.45, 7) is 2.08. The zero-order chi connectivity index (χ0) is 12.4. The molecule has 0 fully saturated rings. The fraction of sp³-hybridized carbons (Fsp3) is 0.111. The summed E-state index contributed by atoms with van der Waals surface area (Å²) >= 11 is 0. The maximum absolute atomic E-state index is 2.24. The minimum absolute atomic E-state index is 1.05. The van der Waals surface area contributed by atoms with Crippen LogP contribution in [0.25, 0.3) is 5.57 Å². The highest BCUT2D eigenvalue weighted by molar-refractivity contribution is 5.88. The second-order valence-electron chi connectivity index (χ2n) is 4.60. The van der Waals surface area contributed by atoms with Crippen LogP contribution in [0.15, 0.2) is 72.3 Å². The molecule has 0 heterocycles. The largest absolute Gasteiger partial charge is 0.0874 e. The second kappa shape index (κ2) is 4.66. The normalized spacial score (nSPS) is 14.3. The molecular formula is C18H16. The van der Waals surface area contributed by atoms with Gasteiger partial charge in [0.2, 0.25) is 0 Å². The van der Waals surface area contributed by atoms with Crippen molar-refractivity contribution in [1.82, 2.24) is 0 Å². The van der Waals surface area contributed by atoms with Crippen LogP contribution in [0, 0.1) is 0 Å². The molecule has 0 N–H and O–H groups in total. The fourth-order valence-electron chi connectivity index (χ4n) is 2.67. The average molecular weight is 232 g/mol. The van der Waals surface area contributed by atoms with Crippen LogP contribution in [0.4, 0.5) is 0 Å². The molecule has 0 nitrogen and oxygen atoms in total. The molecule has 0 aliphatic heterocycles. The molecule has 0 aromatic heterocycles. The summed E-state index contributed by atoms with van der Waals surface area (Å²) in [5.41, 5.74) is 6.95. The molecular weight excluding hydrogens is 216 g/mol. The zero-order valence-electron chi connectivity index (χ0n) is 10.6. The van der Waals surface area contributed by atoms with Crippen molar-refractivity contribution in [3.8, 4) is 0 Å². The second-order valence-corrected chi connectivity index (χ2v) is 4.60. The number of allylic oxidation sites excluding steroid dienone is 3. The molecule has 0 amide bonds. The maximum Gasteiger partial charge on any atom is -0.00133 e. The molecule has 1 aliphatic carbocycles. The van der Waals surface area contributed by atoms with Crippen molar-refractivity contribution in [2.45, 2.75) is 13.3 Å². The lowest BCUT2D eigenvalue weighted by molar-refractivity contribution is 1.24. The lowest BCUT2D eigenvalue weighted by Crippen LogP contribution is -1.86. The van der Waals surface area contributed by atoms with E-state index in [1.165, 1.54) is 27.8 Å². The van der Waals surface area contributed by atoms with E-state index in [9.17, 15) is 0 Å². The van der Waals surface area contributed by atoms with Crippen molar-refractivity contribution in [2.75, 3.05) is 0 Å². The number of rotatable bonds is 2. The zero-order valence-corrected chi connectivity index (χ0v) is 10.6. The predicted octanol–water partition coefficient (Wildman–Crippen LogP) is 4.62. The van der Waals surface area contributed by atoms with Gasteiger partial charge in [-0.3, -0.25) is 0 Å². The number of benzene rings is 2. The van der Waals surface area contributed by atoms with Crippen LogP contribution in [0.1, 0.15) is 23.6 Å². The average Bonchev–Trinajstić information content (AvgIpc) is 2.78. The Hall–Kier alpha value is -2.08. The summed E-state index contributed by atoms with van der Waals surface area (Å²) in [6, 6.07) is 19.4. The minimum Gasteiger partial charge on any atom is -0.0874 e. The van der Waals surface area contributed by atoms with Gasteiger partial charge in [-0.2, -0.15) is 0 Å². The molecule has 3 rings (SSSR count). The first-order valence-electron chi connectivity index (χ1n) is 6.39. The highest BCUT2D eigenvalue weighted by Crippen LogP contribution is 2.37. The van der Waals surface area contributed by atoms with Gasteiger partial charge in [0.15, 0.2) is 0 Å². The van der Waals surface area contributed by atoms with Crippen molar-refractivity contribution >= 4 is 5.57 Å². The smallest absolute Gasteiger partial charge is 0.00133 e. The standard InChI is InChI=1S/C18H16/c1-2-8-16-13-15-11-6-7-12-17(15)18(16)14-9-4-3-5-10-14/h2-12H,13H2,1H3/b8-2-. The topological polar surface area (TPSA) is 0 Å². The van der Waals surface area contributed by atoms with Gasteiger partial charge in [0.25, 0.3) is 0 Å². The van der Waals surface area contributed by atoms with Crippen LogP contribution < -0.4 is 0 Å². The number of fused-ring (bicyclic) bond motifs is 1. The Balaban J connectivity index is 2.20. The summed E-state index contributed by atoms with van der Waals surface area (Å²) in [6.07, 6.45) is 5.41. The van der Waals surface area contributed by atoms with E-state index in [0.29, 0.717) is 0 Å². The Morgan fingerprint density at radius 1 is 0.889 bits per heavy atom. The first-order valence-corrected chi connectivity index (χ1v) is 6.39. The van der Waals surface area contributed by atoms with Gasteiger partial charge in [0.05, 0.1) is 0 Å². The first-order chi connectivity index (χ1) is 8.90. The Labute approximate surface area is 108 Å². The van der Waals surface area contributed by atoms with E-state index in [-0.39, 0.29) is 0 Å². The van der Waals surface area contributed by atoms with Crippen LogP contribution in [-0.2, 0) is 6.42 Å². The molecule has 0 spiro atoms. The molecule has 0 heteroatoms. The maximum atomic E-state index is 2.24. The van der Waals surface area contributed by atoms with Gasteiger partial charge in [-0.05, 0) is 41.2 Å². The SMILES string of the molecule is C/C=C\C1=C(c2ccccc2)c2ccccc2C1. The molecule has 0 saturated heterocycles. The Morgan fingerprint density at radius 2 is 1.61 bits per heavy atom. The van der Waals surface area contributed by atoms with Crippen LogP contribution in [-0.4, -0.2) is 0 Å². The van der Waals surface area contributed by atoms with Gasteiger partial charge in [0.1, 0.15) is 0 Å². The summed E-state index contributed by atoms with van der Waals surface area (Å²) < 4.78 is 0. The Morgan fingerprint density at radius 3 is 2.39 bits per heavy atom. The predicted molar refractivity (Wildman–Crippen MR) is 77.4 cm³/mol.